The summed E-state index contributed by atoms with van der Waals surface area (Å²) in [6, 6.07) is 10.9. The molecule has 1 aliphatic heterocycles. The average Bonchev–Trinajstić information content (AvgIpc) is 3.09. The van der Waals surface area contributed by atoms with Crippen molar-refractivity contribution in [1.82, 2.24) is 19.2 Å². The van der Waals surface area contributed by atoms with E-state index in [-0.39, 0.29) is 42.0 Å². The largest absolute Gasteiger partial charge is 0.347 e. The van der Waals surface area contributed by atoms with E-state index in [1.807, 2.05) is 30.3 Å². The third kappa shape index (κ3) is 4.02. The van der Waals surface area contributed by atoms with E-state index in [9.17, 15) is 17.6 Å². The standard InChI is InChI=1S/C23H27FN4O3S/c1-15-9-11-28(14-19(15)24)32(30,31)22-12-21(27(3)16(22)2)23(29)26-13-17-6-4-8-20-18(17)7-5-10-25-20/h4-8,10,12,15,19H,9,11,13-14H2,1-3H3,(H,26,29)/t15-,19+/m1/s1. The van der Waals surface area contributed by atoms with Crippen molar-refractivity contribution >= 4 is 26.8 Å². The highest BCUT2D eigenvalue weighted by Crippen LogP contribution is 2.28. The number of nitrogens with zero attached hydrogens (tertiary/aromatic N) is 3. The van der Waals surface area contributed by atoms with Gasteiger partial charge in [-0.25, -0.2) is 12.8 Å². The molecule has 0 aliphatic carbocycles. The number of nitrogens with one attached hydrogen (secondary N) is 1. The van der Waals surface area contributed by atoms with E-state index in [2.05, 4.69) is 10.3 Å². The zero-order chi connectivity index (χ0) is 23.0. The van der Waals surface area contributed by atoms with Crippen molar-refractivity contribution < 1.29 is 17.6 Å². The maximum atomic E-state index is 14.2. The quantitative estimate of drug-likeness (QED) is 0.637. The van der Waals surface area contributed by atoms with Crippen molar-refractivity contribution in [2.24, 2.45) is 13.0 Å². The maximum absolute atomic E-state index is 14.2. The zero-order valence-corrected chi connectivity index (χ0v) is 19.2. The molecule has 7 nitrogen and oxygen atoms in total. The Bertz CT molecular complexity index is 1270. The maximum Gasteiger partial charge on any atom is 0.268 e. The summed E-state index contributed by atoms with van der Waals surface area (Å²) in [5.74, 6) is -0.544. The molecule has 1 amide bonds. The van der Waals surface area contributed by atoms with Crippen LogP contribution < -0.4 is 5.32 Å². The molecule has 170 valence electrons. The van der Waals surface area contributed by atoms with E-state index in [1.165, 1.54) is 10.4 Å². The summed E-state index contributed by atoms with van der Waals surface area (Å²) in [7, 11) is -2.24. The molecule has 1 saturated heterocycles. The van der Waals surface area contributed by atoms with Gasteiger partial charge in [0.1, 0.15) is 16.8 Å². The van der Waals surface area contributed by atoms with Crippen LogP contribution in [-0.4, -0.2) is 47.4 Å². The van der Waals surface area contributed by atoms with Crippen molar-refractivity contribution in [1.29, 1.82) is 0 Å². The molecule has 4 rings (SSSR count). The molecule has 1 aliphatic rings. The monoisotopic (exact) mass is 458 g/mol. The number of sulfonamides is 1. The van der Waals surface area contributed by atoms with Crippen LogP contribution in [0.3, 0.4) is 0 Å². The molecule has 9 heteroatoms. The van der Waals surface area contributed by atoms with Gasteiger partial charge in [-0.05, 0) is 43.0 Å². The number of carbonyl (C=O) groups is 1. The van der Waals surface area contributed by atoms with Crippen molar-refractivity contribution in [2.45, 2.75) is 37.9 Å². The minimum Gasteiger partial charge on any atom is -0.347 e. The van der Waals surface area contributed by atoms with Gasteiger partial charge in [0, 0.05) is 44.0 Å². The number of aromatic nitrogens is 2. The Kier molecular flexibility index (Phi) is 6.05. The third-order valence-electron chi connectivity index (χ3n) is 6.34. The first kappa shape index (κ1) is 22.4. The zero-order valence-electron chi connectivity index (χ0n) is 18.4. The molecule has 32 heavy (non-hydrogen) atoms. The van der Waals surface area contributed by atoms with E-state index < -0.39 is 16.2 Å². The summed E-state index contributed by atoms with van der Waals surface area (Å²) in [6.45, 7) is 3.83. The van der Waals surface area contributed by atoms with Crippen LogP contribution in [0.1, 0.15) is 35.1 Å². The first-order chi connectivity index (χ1) is 15.2. The summed E-state index contributed by atoms with van der Waals surface area (Å²) in [5, 5.41) is 3.82. The molecule has 3 heterocycles. The second-order valence-corrected chi connectivity index (χ2v) is 10.3. The van der Waals surface area contributed by atoms with Gasteiger partial charge in [0.15, 0.2) is 0 Å². The van der Waals surface area contributed by atoms with Crippen molar-refractivity contribution in [3.63, 3.8) is 0 Å². The molecule has 1 N–H and O–H groups in total. The Hall–Kier alpha value is -2.78. The third-order valence-corrected chi connectivity index (χ3v) is 8.32. The smallest absolute Gasteiger partial charge is 0.268 e. The van der Waals surface area contributed by atoms with Crippen LogP contribution in [0.15, 0.2) is 47.5 Å². The van der Waals surface area contributed by atoms with E-state index in [0.717, 1.165) is 16.5 Å². The predicted octanol–water partition coefficient (Wildman–Crippen LogP) is 3.18. The number of piperidine rings is 1. The lowest BCUT2D eigenvalue weighted by Gasteiger charge is -2.32. The Labute approximate surface area is 187 Å². The van der Waals surface area contributed by atoms with Gasteiger partial charge in [-0.3, -0.25) is 9.78 Å². The van der Waals surface area contributed by atoms with Gasteiger partial charge in [0.2, 0.25) is 10.0 Å². The molecule has 1 fully saturated rings. The molecule has 0 unspecified atom stereocenters. The van der Waals surface area contributed by atoms with Gasteiger partial charge < -0.3 is 9.88 Å². The van der Waals surface area contributed by atoms with Crippen LogP contribution in [0.5, 0.6) is 0 Å². The number of amides is 1. The first-order valence-electron chi connectivity index (χ1n) is 10.6. The Morgan fingerprint density at radius 1 is 1.28 bits per heavy atom. The fraction of sp³-hybridized carbons (Fsp3) is 0.391. The molecule has 0 bridgehead atoms. The average molecular weight is 459 g/mol. The molecule has 2 atom stereocenters. The van der Waals surface area contributed by atoms with Gasteiger partial charge in [-0.1, -0.05) is 25.1 Å². The number of hydrogen-bond acceptors (Lipinski definition) is 4. The van der Waals surface area contributed by atoms with Gasteiger partial charge in [0.25, 0.3) is 5.91 Å². The summed E-state index contributed by atoms with van der Waals surface area (Å²) in [6.07, 6.45) is 0.994. The van der Waals surface area contributed by atoms with Crippen LogP contribution in [0.4, 0.5) is 4.39 Å². The Morgan fingerprint density at radius 3 is 2.81 bits per heavy atom. The first-order valence-corrected chi connectivity index (χ1v) is 12.1. The summed E-state index contributed by atoms with van der Waals surface area (Å²) >= 11 is 0. The summed E-state index contributed by atoms with van der Waals surface area (Å²) in [4.78, 5) is 17.3. The molecule has 0 spiro atoms. The summed E-state index contributed by atoms with van der Waals surface area (Å²) in [5.41, 5.74) is 2.43. The normalized spacial score (nSPS) is 19.9. The van der Waals surface area contributed by atoms with Gasteiger partial charge >= 0.3 is 0 Å². The highest BCUT2D eigenvalue weighted by Gasteiger charge is 2.36. The predicted molar refractivity (Wildman–Crippen MR) is 120 cm³/mol. The van der Waals surface area contributed by atoms with Crippen molar-refractivity contribution in [3.8, 4) is 0 Å². The molecule has 0 radical (unpaired) electrons. The SMILES string of the molecule is Cc1c(S(=O)(=O)N2CC[C@@H](C)[C@@H](F)C2)cc(C(=O)NCc2cccc3ncccc23)n1C. The highest BCUT2D eigenvalue weighted by molar-refractivity contribution is 7.89. The fourth-order valence-electron chi connectivity index (χ4n) is 4.09. The number of rotatable bonds is 5. The lowest BCUT2D eigenvalue weighted by Crippen LogP contribution is -2.44. The minimum absolute atomic E-state index is 0.0428. The van der Waals surface area contributed by atoms with Gasteiger partial charge in [-0.2, -0.15) is 4.31 Å². The molecule has 0 saturated carbocycles. The minimum atomic E-state index is -3.90. The van der Waals surface area contributed by atoms with Crippen molar-refractivity contribution in [2.75, 3.05) is 13.1 Å². The molecule has 1 aromatic carbocycles. The van der Waals surface area contributed by atoms with Crippen LogP contribution in [0.2, 0.25) is 0 Å². The topological polar surface area (TPSA) is 84.3 Å². The number of alkyl halides is 1. The van der Waals surface area contributed by atoms with Crippen molar-refractivity contribution in [3.05, 3.63) is 59.5 Å². The van der Waals surface area contributed by atoms with E-state index in [4.69, 9.17) is 0 Å². The number of fused-ring (bicyclic) bond motifs is 1. The van der Waals surface area contributed by atoms with Crippen LogP contribution >= 0.6 is 0 Å². The number of halogens is 1. The number of hydrogen-bond donors (Lipinski definition) is 1. The van der Waals surface area contributed by atoms with Crippen LogP contribution in [0.25, 0.3) is 10.9 Å². The fourth-order valence-corrected chi connectivity index (χ4v) is 5.82. The lowest BCUT2D eigenvalue weighted by molar-refractivity contribution is 0.0942. The molecular formula is C23H27FN4O3S. The number of carbonyl (C=O) groups excluding carboxylic acids is 1. The van der Waals surface area contributed by atoms with Gasteiger partial charge in [-0.15, -0.1) is 0 Å². The number of benzene rings is 1. The number of pyridine rings is 1. The Morgan fingerprint density at radius 2 is 2.06 bits per heavy atom. The molecular weight excluding hydrogens is 431 g/mol. The highest BCUT2D eigenvalue weighted by atomic mass is 32.2. The van der Waals surface area contributed by atoms with E-state index in [0.29, 0.717) is 12.1 Å². The Balaban J connectivity index is 1.56. The molecule has 3 aromatic rings. The van der Waals surface area contributed by atoms with Crippen LogP contribution in [-0.2, 0) is 23.6 Å². The summed E-state index contributed by atoms with van der Waals surface area (Å²) < 4.78 is 43.3. The van der Waals surface area contributed by atoms with E-state index in [1.54, 1.807) is 31.7 Å². The van der Waals surface area contributed by atoms with E-state index >= 15 is 0 Å². The second-order valence-electron chi connectivity index (χ2n) is 8.35. The molecule has 2 aromatic heterocycles. The lowest BCUT2D eigenvalue weighted by atomic mass is 9.99. The second kappa shape index (κ2) is 8.63. The van der Waals surface area contributed by atoms with Crippen LogP contribution in [0, 0.1) is 12.8 Å². The van der Waals surface area contributed by atoms with Gasteiger partial charge in [0.05, 0.1) is 5.52 Å².